The maximum atomic E-state index is 5.86. The van der Waals surface area contributed by atoms with Crippen LogP contribution in [0.2, 0.25) is 19.6 Å². The van der Waals surface area contributed by atoms with Crippen molar-refractivity contribution in [2.24, 2.45) is 0 Å². The molecular formula is C11H29NO3Si2. The third-order valence-corrected chi connectivity index (χ3v) is 6.95. The van der Waals surface area contributed by atoms with E-state index >= 15 is 0 Å². The first-order valence-electron chi connectivity index (χ1n) is 6.44. The first kappa shape index (κ1) is 17.3. The summed E-state index contributed by atoms with van der Waals surface area (Å²) in [6.45, 7) is 14.9. The monoisotopic (exact) mass is 279 g/mol. The van der Waals surface area contributed by atoms with E-state index in [1.165, 1.54) is 0 Å². The predicted molar refractivity (Wildman–Crippen MR) is 76.6 cm³/mol. The summed E-state index contributed by atoms with van der Waals surface area (Å²) in [5.41, 5.74) is 0. The quantitative estimate of drug-likeness (QED) is 0.606. The molecular weight excluding hydrogens is 250 g/mol. The van der Waals surface area contributed by atoms with Gasteiger partial charge in [-0.05, 0) is 34.0 Å². The number of nitrogens with zero attached hydrogens (tertiary/aromatic N) is 1. The van der Waals surface area contributed by atoms with Crippen LogP contribution in [0.15, 0.2) is 0 Å². The topological polar surface area (TPSA) is 30.9 Å². The fourth-order valence-electron chi connectivity index (χ4n) is 1.81. The zero-order valence-electron chi connectivity index (χ0n) is 12.5. The van der Waals surface area contributed by atoms with Crippen LogP contribution in [0.3, 0.4) is 0 Å². The van der Waals surface area contributed by atoms with E-state index in [1.54, 1.807) is 0 Å². The Bertz CT molecular complexity index is 192. The fraction of sp³-hybridized carbons (Fsp3) is 1.00. The highest BCUT2D eigenvalue weighted by atomic mass is 28.4. The van der Waals surface area contributed by atoms with Crippen LogP contribution in [0.1, 0.15) is 20.8 Å². The molecule has 0 saturated heterocycles. The molecule has 0 N–H and O–H groups in total. The van der Waals surface area contributed by atoms with Gasteiger partial charge in [0.05, 0.1) is 8.07 Å². The van der Waals surface area contributed by atoms with E-state index in [0.717, 1.165) is 6.17 Å². The van der Waals surface area contributed by atoms with Gasteiger partial charge in [0.25, 0.3) is 0 Å². The van der Waals surface area contributed by atoms with Crippen LogP contribution in [-0.2, 0) is 13.3 Å². The molecule has 0 aromatic rings. The van der Waals surface area contributed by atoms with Crippen molar-refractivity contribution in [1.82, 2.24) is 4.57 Å². The maximum absolute atomic E-state index is 5.86. The minimum Gasteiger partial charge on any atom is -0.361 e. The molecule has 0 heterocycles. The summed E-state index contributed by atoms with van der Waals surface area (Å²) < 4.78 is 19.8. The first-order chi connectivity index (χ1) is 7.81. The van der Waals surface area contributed by atoms with E-state index in [-0.39, 0.29) is 0 Å². The lowest BCUT2D eigenvalue weighted by Gasteiger charge is -2.37. The van der Waals surface area contributed by atoms with Crippen LogP contribution in [0.5, 0.6) is 0 Å². The van der Waals surface area contributed by atoms with E-state index in [1.807, 2.05) is 20.8 Å². The van der Waals surface area contributed by atoms with E-state index in [9.17, 15) is 0 Å². The molecule has 0 aliphatic rings. The highest BCUT2D eigenvalue weighted by Crippen LogP contribution is 2.17. The second-order valence-corrected chi connectivity index (χ2v) is 13.4. The summed E-state index contributed by atoms with van der Waals surface area (Å²) in [6, 6.07) is 0. The Balaban J connectivity index is 4.83. The van der Waals surface area contributed by atoms with Crippen molar-refractivity contribution in [3.63, 3.8) is 0 Å². The first-order valence-corrected chi connectivity index (χ1v) is 11.8. The summed E-state index contributed by atoms with van der Waals surface area (Å²) in [7, 11) is -1.78. The lowest BCUT2D eigenvalue weighted by Crippen LogP contribution is -2.62. The van der Waals surface area contributed by atoms with Crippen molar-refractivity contribution in [3.8, 4) is 0 Å². The lowest BCUT2D eigenvalue weighted by molar-refractivity contribution is 0.0276. The van der Waals surface area contributed by atoms with Gasteiger partial charge in [0, 0.05) is 19.8 Å². The van der Waals surface area contributed by atoms with Crippen LogP contribution in [0, 0.1) is 0 Å². The van der Waals surface area contributed by atoms with Gasteiger partial charge in [-0.2, -0.15) is 0 Å². The van der Waals surface area contributed by atoms with Gasteiger partial charge in [-0.15, -0.1) is 0 Å². The van der Waals surface area contributed by atoms with Gasteiger partial charge in [0.15, 0.2) is 0 Å². The van der Waals surface area contributed by atoms with Gasteiger partial charge >= 0.3 is 8.97 Å². The molecule has 0 bridgehead atoms. The summed E-state index contributed by atoms with van der Waals surface area (Å²) in [4.78, 5) is 0. The van der Waals surface area contributed by atoms with Crippen molar-refractivity contribution >= 4 is 17.0 Å². The molecule has 104 valence electrons. The summed E-state index contributed by atoms with van der Waals surface area (Å²) in [5, 5.41) is 0. The zero-order valence-corrected chi connectivity index (χ0v) is 14.5. The number of hydrogen-bond acceptors (Lipinski definition) is 4. The molecule has 0 rings (SSSR count). The molecule has 0 unspecified atom stereocenters. The molecule has 17 heavy (non-hydrogen) atoms. The van der Waals surface area contributed by atoms with Gasteiger partial charge < -0.3 is 13.3 Å². The van der Waals surface area contributed by atoms with Gasteiger partial charge in [-0.3, -0.25) is 4.57 Å². The second kappa shape index (κ2) is 7.65. The lowest BCUT2D eigenvalue weighted by atomic mass is 10.9. The van der Waals surface area contributed by atoms with Crippen LogP contribution < -0.4 is 0 Å². The van der Waals surface area contributed by atoms with Crippen molar-refractivity contribution in [2.45, 2.75) is 40.4 Å². The smallest absolute Gasteiger partial charge is 0.361 e. The molecule has 0 atom stereocenters. The van der Waals surface area contributed by atoms with E-state index in [4.69, 9.17) is 13.3 Å². The molecule has 0 aromatic carbocycles. The Hall–Kier alpha value is 0.274. The van der Waals surface area contributed by atoms with Crippen molar-refractivity contribution in [2.75, 3.05) is 33.0 Å². The Morgan fingerprint density at radius 2 is 1.18 bits per heavy atom. The highest BCUT2D eigenvalue weighted by molar-refractivity contribution is 6.77. The normalized spacial score (nSPS) is 13.4. The maximum Gasteiger partial charge on any atom is 0.599 e. The fourth-order valence-corrected chi connectivity index (χ4v) is 7.44. The SMILES string of the molecule is CCO[Si](OCC)(OCC)N(C)C[Si](C)(C)C. The van der Waals surface area contributed by atoms with Crippen LogP contribution in [-0.4, -0.2) is 54.6 Å². The van der Waals surface area contributed by atoms with E-state index < -0.39 is 17.0 Å². The van der Waals surface area contributed by atoms with Crippen molar-refractivity contribution in [3.05, 3.63) is 0 Å². The largest absolute Gasteiger partial charge is 0.599 e. The molecule has 6 heteroatoms. The summed E-state index contributed by atoms with van der Waals surface area (Å²) in [5.74, 6) is 0. The number of hydrogen-bond donors (Lipinski definition) is 0. The Morgan fingerprint density at radius 3 is 1.41 bits per heavy atom. The number of rotatable bonds is 9. The standard InChI is InChI=1S/C11H29NO3Si2/c1-8-13-17(14-9-2,15-10-3)12(4)11-16(5,6)7/h8-11H2,1-7H3. The molecule has 0 aliphatic heterocycles. The Labute approximate surface area is 109 Å². The molecule has 4 nitrogen and oxygen atoms in total. The van der Waals surface area contributed by atoms with Crippen molar-refractivity contribution < 1.29 is 13.3 Å². The summed E-state index contributed by atoms with van der Waals surface area (Å²) in [6.07, 6.45) is 1.03. The molecule has 0 aromatic heterocycles. The van der Waals surface area contributed by atoms with Crippen molar-refractivity contribution in [1.29, 1.82) is 0 Å². The molecule has 0 fully saturated rings. The van der Waals surface area contributed by atoms with Gasteiger partial charge in [-0.25, -0.2) is 0 Å². The Kier molecular flexibility index (Phi) is 7.78. The minimum atomic E-state index is -2.64. The third kappa shape index (κ3) is 6.12. The molecule has 0 radical (unpaired) electrons. The van der Waals surface area contributed by atoms with Gasteiger partial charge in [0.2, 0.25) is 0 Å². The molecule has 0 spiro atoms. The van der Waals surface area contributed by atoms with Crippen LogP contribution >= 0.6 is 0 Å². The average molecular weight is 280 g/mol. The van der Waals surface area contributed by atoms with Gasteiger partial charge in [-0.1, -0.05) is 19.6 Å². The predicted octanol–water partition coefficient (Wildman–Crippen LogP) is 2.34. The zero-order chi connectivity index (χ0) is 13.5. The van der Waals surface area contributed by atoms with Crippen LogP contribution in [0.4, 0.5) is 0 Å². The van der Waals surface area contributed by atoms with Gasteiger partial charge in [0.1, 0.15) is 0 Å². The molecule has 0 aliphatic carbocycles. The van der Waals surface area contributed by atoms with E-state index in [0.29, 0.717) is 19.8 Å². The molecule has 0 saturated carbocycles. The summed E-state index contributed by atoms with van der Waals surface area (Å²) >= 11 is 0. The molecule has 0 amide bonds. The second-order valence-electron chi connectivity index (χ2n) is 5.24. The minimum absolute atomic E-state index is 0.627. The van der Waals surface area contributed by atoms with Crippen LogP contribution in [0.25, 0.3) is 0 Å². The average Bonchev–Trinajstić information content (AvgIpc) is 2.16. The third-order valence-electron chi connectivity index (χ3n) is 2.16. The Morgan fingerprint density at radius 1 is 0.824 bits per heavy atom. The highest BCUT2D eigenvalue weighted by Gasteiger charge is 2.47. The van der Waals surface area contributed by atoms with E-state index in [2.05, 4.69) is 31.3 Å².